The Balaban J connectivity index is 2.88. The van der Waals surface area contributed by atoms with Gasteiger partial charge in [0.25, 0.3) is 6.43 Å². The minimum absolute atomic E-state index is 0.133. The molecule has 0 unspecified atom stereocenters. The highest BCUT2D eigenvalue weighted by Crippen LogP contribution is 2.16. The summed E-state index contributed by atoms with van der Waals surface area (Å²) in [5, 5.41) is 2.78. The van der Waals surface area contributed by atoms with Gasteiger partial charge in [-0.05, 0) is 6.92 Å². The van der Waals surface area contributed by atoms with E-state index in [2.05, 4.69) is 15.3 Å². The first-order valence-electron chi connectivity index (χ1n) is 4.80. The van der Waals surface area contributed by atoms with Crippen LogP contribution in [0, 0.1) is 5.82 Å². The van der Waals surface area contributed by atoms with Crippen molar-refractivity contribution in [2.75, 3.05) is 30.4 Å². The van der Waals surface area contributed by atoms with Gasteiger partial charge in [0.1, 0.15) is 0 Å². The number of nitrogens with one attached hydrogen (secondary N) is 1. The monoisotopic (exact) mass is 234 g/mol. The van der Waals surface area contributed by atoms with E-state index >= 15 is 0 Å². The van der Waals surface area contributed by atoms with Crippen LogP contribution in [0.1, 0.15) is 6.92 Å². The van der Waals surface area contributed by atoms with Gasteiger partial charge in [-0.15, -0.1) is 0 Å². The number of nitrogens with zero attached hydrogens (tertiary/aromatic N) is 3. The van der Waals surface area contributed by atoms with Crippen LogP contribution in [0.15, 0.2) is 6.20 Å². The second-order valence-electron chi connectivity index (χ2n) is 3.17. The molecule has 0 saturated carbocycles. The van der Waals surface area contributed by atoms with Gasteiger partial charge in [-0.3, -0.25) is 0 Å². The van der Waals surface area contributed by atoms with E-state index in [4.69, 9.17) is 0 Å². The van der Waals surface area contributed by atoms with Gasteiger partial charge in [-0.1, -0.05) is 0 Å². The zero-order valence-electron chi connectivity index (χ0n) is 9.04. The molecule has 0 aliphatic rings. The van der Waals surface area contributed by atoms with Crippen LogP contribution in [0.3, 0.4) is 0 Å². The van der Waals surface area contributed by atoms with Crippen LogP contribution in [0.4, 0.5) is 24.9 Å². The third-order valence-corrected chi connectivity index (χ3v) is 1.83. The van der Waals surface area contributed by atoms with Crippen molar-refractivity contribution >= 4 is 11.8 Å². The Labute approximate surface area is 91.5 Å². The van der Waals surface area contributed by atoms with E-state index in [0.717, 1.165) is 11.1 Å². The summed E-state index contributed by atoms with van der Waals surface area (Å²) in [6, 6.07) is 0. The van der Waals surface area contributed by atoms with Gasteiger partial charge in [-0.25, -0.2) is 18.2 Å². The first-order valence-corrected chi connectivity index (χ1v) is 4.80. The van der Waals surface area contributed by atoms with Crippen molar-refractivity contribution in [3.63, 3.8) is 0 Å². The average molecular weight is 234 g/mol. The lowest BCUT2D eigenvalue weighted by molar-refractivity contribution is 0.156. The molecule has 7 heteroatoms. The lowest BCUT2D eigenvalue weighted by atomic mass is 10.4. The molecule has 0 fully saturated rings. The zero-order valence-corrected chi connectivity index (χ0v) is 9.04. The Bertz CT molecular complexity index is 346. The van der Waals surface area contributed by atoms with Gasteiger partial charge < -0.3 is 10.2 Å². The molecule has 16 heavy (non-hydrogen) atoms. The number of aromatic nitrogens is 2. The highest BCUT2D eigenvalue weighted by Gasteiger charge is 2.15. The van der Waals surface area contributed by atoms with Crippen LogP contribution in [0.5, 0.6) is 0 Å². The van der Waals surface area contributed by atoms with Crippen molar-refractivity contribution < 1.29 is 13.2 Å². The third-order valence-electron chi connectivity index (χ3n) is 1.83. The fourth-order valence-corrected chi connectivity index (χ4v) is 1.16. The Hall–Kier alpha value is -1.53. The number of hydrogen-bond donors (Lipinski definition) is 1. The Morgan fingerprint density at radius 2 is 2.19 bits per heavy atom. The molecular formula is C9H13F3N4. The molecule has 0 aliphatic carbocycles. The Morgan fingerprint density at radius 3 is 2.75 bits per heavy atom. The summed E-state index contributed by atoms with van der Waals surface area (Å²) in [6.45, 7) is 1.83. The fourth-order valence-electron chi connectivity index (χ4n) is 1.16. The molecule has 90 valence electrons. The number of rotatable bonds is 5. The van der Waals surface area contributed by atoms with E-state index in [1.165, 1.54) is 7.05 Å². The highest BCUT2D eigenvalue weighted by molar-refractivity contribution is 5.43. The minimum Gasteiger partial charge on any atom is -0.354 e. The summed E-state index contributed by atoms with van der Waals surface area (Å²) in [4.78, 5) is 8.55. The molecule has 0 aromatic carbocycles. The average Bonchev–Trinajstić information content (AvgIpc) is 2.20. The number of alkyl halides is 2. The molecule has 0 amide bonds. The summed E-state index contributed by atoms with van der Waals surface area (Å²) in [7, 11) is 1.35. The molecule has 0 saturated heterocycles. The van der Waals surface area contributed by atoms with Crippen molar-refractivity contribution in [1.82, 2.24) is 9.97 Å². The largest absolute Gasteiger partial charge is 0.354 e. The van der Waals surface area contributed by atoms with Crippen molar-refractivity contribution in [3.8, 4) is 0 Å². The quantitative estimate of drug-likeness (QED) is 0.842. The van der Waals surface area contributed by atoms with Gasteiger partial charge in [-0.2, -0.15) is 4.98 Å². The second kappa shape index (κ2) is 5.53. The summed E-state index contributed by atoms with van der Waals surface area (Å²) < 4.78 is 37.5. The molecule has 0 spiro atoms. The standard InChI is InChI=1S/C9H13F3N4/c1-3-13-9-14-4-6(10)8(15-9)16(2)5-7(11)12/h4,7H,3,5H2,1-2H3,(H,13,14,15). The maximum atomic E-state index is 13.3. The topological polar surface area (TPSA) is 41.1 Å². The molecule has 1 aromatic rings. The van der Waals surface area contributed by atoms with Gasteiger partial charge in [0.15, 0.2) is 11.6 Å². The Kier molecular flexibility index (Phi) is 4.33. The zero-order chi connectivity index (χ0) is 12.1. The van der Waals surface area contributed by atoms with E-state index < -0.39 is 18.8 Å². The molecule has 0 bridgehead atoms. The molecular weight excluding hydrogens is 221 g/mol. The summed E-state index contributed by atoms with van der Waals surface area (Å²) >= 11 is 0. The maximum absolute atomic E-state index is 13.3. The SMILES string of the molecule is CCNc1ncc(F)c(N(C)CC(F)F)n1. The molecule has 1 heterocycles. The van der Waals surface area contributed by atoms with Crippen LogP contribution in [0.25, 0.3) is 0 Å². The van der Waals surface area contributed by atoms with Crippen LogP contribution in [0.2, 0.25) is 0 Å². The summed E-state index contributed by atoms with van der Waals surface area (Å²) in [5.74, 6) is -0.629. The smallest absolute Gasteiger partial charge is 0.255 e. The lowest BCUT2D eigenvalue weighted by Gasteiger charge is -2.18. The van der Waals surface area contributed by atoms with Gasteiger partial charge in [0, 0.05) is 13.6 Å². The van der Waals surface area contributed by atoms with Gasteiger partial charge >= 0.3 is 0 Å². The lowest BCUT2D eigenvalue weighted by Crippen LogP contribution is -2.26. The fraction of sp³-hybridized carbons (Fsp3) is 0.556. The summed E-state index contributed by atoms with van der Waals surface area (Å²) in [6.07, 6.45) is -1.58. The molecule has 1 N–H and O–H groups in total. The highest BCUT2D eigenvalue weighted by atomic mass is 19.3. The third kappa shape index (κ3) is 3.25. The van der Waals surface area contributed by atoms with Crippen LogP contribution >= 0.6 is 0 Å². The van der Waals surface area contributed by atoms with E-state index in [1.54, 1.807) is 0 Å². The van der Waals surface area contributed by atoms with E-state index in [-0.39, 0.29) is 11.8 Å². The second-order valence-corrected chi connectivity index (χ2v) is 3.17. The molecule has 1 rings (SSSR count). The van der Waals surface area contributed by atoms with E-state index in [1.807, 2.05) is 6.92 Å². The van der Waals surface area contributed by atoms with Gasteiger partial charge in [0.05, 0.1) is 12.7 Å². The molecule has 0 aliphatic heterocycles. The Morgan fingerprint density at radius 1 is 1.50 bits per heavy atom. The van der Waals surface area contributed by atoms with Crippen LogP contribution in [-0.2, 0) is 0 Å². The van der Waals surface area contributed by atoms with Crippen molar-refractivity contribution in [2.24, 2.45) is 0 Å². The number of anilines is 2. The number of halogens is 3. The van der Waals surface area contributed by atoms with Crippen LogP contribution in [-0.4, -0.2) is 36.5 Å². The first-order chi connectivity index (χ1) is 7.54. The normalized spacial score (nSPS) is 10.6. The maximum Gasteiger partial charge on any atom is 0.255 e. The molecule has 4 nitrogen and oxygen atoms in total. The van der Waals surface area contributed by atoms with Crippen molar-refractivity contribution in [2.45, 2.75) is 13.3 Å². The van der Waals surface area contributed by atoms with Crippen molar-refractivity contribution in [3.05, 3.63) is 12.0 Å². The minimum atomic E-state index is -2.54. The first kappa shape index (κ1) is 12.5. The predicted octanol–water partition coefficient (Wildman–Crippen LogP) is 1.75. The summed E-state index contributed by atoms with van der Waals surface area (Å²) in [5.41, 5.74) is 0. The molecule has 1 aromatic heterocycles. The van der Waals surface area contributed by atoms with Crippen LogP contribution < -0.4 is 10.2 Å². The molecule has 0 radical (unpaired) electrons. The predicted molar refractivity (Wildman–Crippen MR) is 55.4 cm³/mol. The van der Waals surface area contributed by atoms with Gasteiger partial charge in [0.2, 0.25) is 5.95 Å². The molecule has 0 atom stereocenters. The number of hydrogen-bond acceptors (Lipinski definition) is 4. The van der Waals surface area contributed by atoms with E-state index in [0.29, 0.717) is 6.54 Å². The van der Waals surface area contributed by atoms with E-state index in [9.17, 15) is 13.2 Å². The van der Waals surface area contributed by atoms with Crippen molar-refractivity contribution in [1.29, 1.82) is 0 Å².